The number of carbonyl (C=O) groups excluding carboxylic acids is 1. The molecule has 27 heavy (non-hydrogen) atoms. The molecule has 0 aliphatic carbocycles. The second-order valence-electron chi connectivity index (χ2n) is 6.85. The topological polar surface area (TPSA) is 59.0 Å². The first-order valence-electron chi connectivity index (χ1n) is 8.79. The first kappa shape index (κ1) is 20.1. The molecule has 1 fully saturated rings. The van der Waals surface area contributed by atoms with Gasteiger partial charge in [0.05, 0.1) is 16.3 Å². The van der Waals surface area contributed by atoms with Gasteiger partial charge in [0, 0.05) is 16.5 Å². The first-order chi connectivity index (χ1) is 12.5. The Balaban J connectivity index is 0.00000210. The average Bonchev–Trinajstić information content (AvgIpc) is 3.19. The largest absolute Gasteiger partial charge is 0.348 e. The third-order valence-electron chi connectivity index (χ3n) is 4.94. The van der Waals surface area contributed by atoms with Crippen LogP contribution in [0, 0.1) is 12.8 Å². The summed E-state index contributed by atoms with van der Waals surface area (Å²) >= 11 is 7.47. The maximum Gasteiger partial charge on any atom is 0.261 e. The molecule has 0 bridgehead atoms. The number of thiophene rings is 1. The molecule has 2 atom stereocenters. The van der Waals surface area contributed by atoms with Crippen molar-refractivity contribution in [2.45, 2.75) is 26.3 Å². The minimum atomic E-state index is 0. The Labute approximate surface area is 173 Å². The van der Waals surface area contributed by atoms with Gasteiger partial charge in [0.25, 0.3) is 5.91 Å². The predicted molar refractivity (Wildman–Crippen MR) is 114 cm³/mol. The van der Waals surface area contributed by atoms with Crippen molar-refractivity contribution in [2.75, 3.05) is 13.1 Å². The number of hydrogen-bond acceptors (Lipinski definition) is 4. The van der Waals surface area contributed by atoms with Crippen LogP contribution < -0.4 is 10.6 Å². The molecule has 1 amide bonds. The summed E-state index contributed by atoms with van der Waals surface area (Å²) in [6, 6.07) is 9.74. The number of aryl methyl sites for hydroxylation is 1. The molecule has 1 aliphatic rings. The SMILES string of the molecule is Cc1nn(-c2ccc(Cl)cc2)c2sc(C(=O)NC3CCNCC3C)cc12.Cl. The highest BCUT2D eigenvalue weighted by molar-refractivity contribution is 7.20. The van der Waals surface area contributed by atoms with Gasteiger partial charge in [-0.05, 0) is 62.7 Å². The predicted octanol–water partition coefficient (Wildman–Crippen LogP) is 4.20. The number of halogens is 2. The molecule has 0 spiro atoms. The Hall–Kier alpha value is -1.60. The Morgan fingerprint density at radius 3 is 2.81 bits per heavy atom. The van der Waals surface area contributed by atoms with Crippen LogP contribution in [0.3, 0.4) is 0 Å². The standard InChI is InChI=1S/C19H21ClN4OS.ClH/c1-11-10-21-8-7-16(11)22-18(25)17-9-15-12(2)23-24(19(15)26-17)14-5-3-13(20)4-6-14;/h3-6,9,11,16,21H,7-8,10H2,1-2H3,(H,22,25);1H. The van der Waals surface area contributed by atoms with Gasteiger partial charge < -0.3 is 10.6 Å². The van der Waals surface area contributed by atoms with E-state index in [2.05, 4.69) is 22.7 Å². The molecule has 3 heterocycles. The number of nitrogens with zero attached hydrogens (tertiary/aromatic N) is 2. The summed E-state index contributed by atoms with van der Waals surface area (Å²) < 4.78 is 1.88. The molecule has 2 unspecified atom stereocenters. The minimum absolute atomic E-state index is 0. The molecular weight excluding hydrogens is 403 g/mol. The summed E-state index contributed by atoms with van der Waals surface area (Å²) in [5, 5.41) is 12.9. The quantitative estimate of drug-likeness (QED) is 0.662. The highest BCUT2D eigenvalue weighted by Gasteiger charge is 2.24. The van der Waals surface area contributed by atoms with Crippen molar-refractivity contribution in [1.29, 1.82) is 0 Å². The fraction of sp³-hybridized carbons (Fsp3) is 0.368. The fourth-order valence-electron chi connectivity index (χ4n) is 3.38. The van der Waals surface area contributed by atoms with Gasteiger partial charge in [-0.1, -0.05) is 18.5 Å². The fourth-order valence-corrected chi connectivity index (χ4v) is 4.60. The van der Waals surface area contributed by atoms with E-state index in [-0.39, 0.29) is 24.4 Å². The third kappa shape index (κ3) is 3.99. The molecule has 8 heteroatoms. The normalized spacial score (nSPS) is 19.7. The summed E-state index contributed by atoms with van der Waals surface area (Å²) in [6.45, 7) is 6.04. The minimum Gasteiger partial charge on any atom is -0.348 e. The maximum absolute atomic E-state index is 12.8. The molecule has 1 aromatic carbocycles. The molecule has 1 saturated heterocycles. The molecule has 0 radical (unpaired) electrons. The Morgan fingerprint density at radius 2 is 2.11 bits per heavy atom. The lowest BCUT2D eigenvalue weighted by Crippen LogP contribution is -2.48. The van der Waals surface area contributed by atoms with Crippen molar-refractivity contribution in [2.24, 2.45) is 5.92 Å². The number of piperidine rings is 1. The molecule has 5 nitrogen and oxygen atoms in total. The second-order valence-corrected chi connectivity index (χ2v) is 8.32. The molecular formula is C19H22Cl2N4OS. The van der Waals surface area contributed by atoms with Crippen molar-refractivity contribution in [3.05, 3.63) is 45.9 Å². The number of hydrogen-bond donors (Lipinski definition) is 2. The van der Waals surface area contributed by atoms with Crippen molar-refractivity contribution < 1.29 is 4.79 Å². The van der Waals surface area contributed by atoms with Gasteiger partial charge in [-0.2, -0.15) is 5.10 Å². The van der Waals surface area contributed by atoms with Crippen LogP contribution >= 0.6 is 35.3 Å². The van der Waals surface area contributed by atoms with Crippen LogP contribution in [0.2, 0.25) is 5.02 Å². The van der Waals surface area contributed by atoms with E-state index in [9.17, 15) is 4.79 Å². The highest BCUT2D eigenvalue weighted by Crippen LogP contribution is 2.31. The zero-order valence-corrected chi connectivity index (χ0v) is 17.5. The number of carbonyl (C=O) groups is 1. The van der Waals surface area contributed by atoms with Crippen LogP contribution in [0.15, 0.2) is 30.3 Å². The lowest BCUT2D eigenvalue weighted by molar-refractivity contribution is 0.0918. The Kier molecular flexibility index (Phi) is 6.11. The summed E-state index contributed by atoms with van der Waals surface area (Å²) in [5.41, 5.74) is 1.86. The van der Waals surface area contributed by atoms with Crippen LogP contribution in [0.25, 0.3) is 15.9 Å². The van der Waals surface area contributed by atoms with Crippen molar-refractivity contribution >= 4 is 51.5 Å². The van der Waals surface area contributed by atoms with Crippen LogP contribution in [0.4, 0.5) is 0 Å². The molecule has 2 aromatic heterocycles. The summed E-state index contributed by atoms with van der Waals surface area (Å²) in [5.74, 6) is 0.445. The van der Waals surface area contributed by atoms with Gasteiger partial charge in [0.15, 0.2) is 0 Å². The van der Waals surface area contributed by atoms with Crippen LogP contribution in [0.5, 0.6) is 0 Å². The number of amides is 1. The summed E-state index contributed by atoms with van der Waals surface area (Å²) in [6.07, 6.45) is 0.968. The zero-order valence-electron chi connectivity index (χ0n) is 15.2. The third-order valence-corrected chi connectivity index (χ3v) is 6.30. The van der Waals surface area contributed by atoms with Crippen LogP contribution in [-0.4, -0.2) is 34.8 Å². The van der Waals surface area contributed by atoms with Crippen molar-refractivity contribution in [1.82, 2.24) is 20.4 Å². The lowest BCUT2D eigenvalue weighted by atomic mass is 9.95. The van der Waals surface area contributed by atoms with E-state index in [1.54, 1.807) is 0 Å². The molecule has 4 rings (SSSR count). The molecule has 0 saturated carbocycles. The number of aromatic nitrogens is 2. The Bertz CT molecular complexity index is 951. The van der Waals surface area contributed by atoms with E-state index < -0.39 is 0 Å². The maximum atomic E-state index is 12.8. The van der Waals surface area contributed by atoms with Crippen LogP contribution in [0.1, 0.15) is 28.7 Å². The van der Waals surface area contributed by atoms with Gasteiger partial charge in [-0.15, -0.1) is 23.7 Å². The number of rotatable bonds is 3. The van der Waals surface area contributed by atoms with E-state index in [4.69, 9.17) is 11.6 Å². The van der Waals surface area contributed by atoms with Gasteiger partial charge in [0.2, 0.25) is 0 Å². The zero-order chi connectivity index (χ0) is 18.3. The first-order valence-corrected chi connectivity index (χ1v) is 9.99. The van der Waals surface area contributed by atoms with Crippen molar-refractivity contribution in [3.63, 3.8) is 0 Å². The van der Waals surface area contributed by atoms with E-state index >= 15 is 0 Å². The molecule has 3 aromatic rings. The van der Waals surface area contributed by atoms with Gasteiger partial charge >= 0.3 is 0 Å². The van der Waals surface area contributed by atoms with E-state index in [1.165, 1.54) is 11.3 Å². The molecule has 144 valence electrons. The van der Waals surface area contributed by atoms with E-state index in [0.717, 1.165) is 46.0 Å². The summed E-state index contributed by atoms with van der Waals surface area (Å²) in [7, 11) is 0. The van der Waals surface area contributed by atoms with Gasteiger partial charge in [0.1, 0.15) is 4.83 Å². The molecule has 2 N–H and O–H groups in total. The van der Waals surface area contributed by atoms with Gasteiger partial charge in [-0.3, -0.25) is 4.79 Å². The highest BCUT2D eigenvalue weighted by atomic mass is 35.5. The average molecular weight is 425 g/mol. The Morgan fingerprint density at radius 1 is 1.37 bits per heavy atom. The lowest BCUT2D eigenvalue weighted by Gasteiger charge is -2.30. The number of nitrogens with one attached hydrogen (secondary N) is 2. The van der Waals surface area contributed by atoms with Crippen molar-refractivity contribution in [3.8, 4) is 5.69 Å². The molecule has 1 aliphatic heterocycles. The second kappa shape index (κ2) is 8.19. The number of fused-ring (bicyclic) bond motifs is 1. The summed E-state index contributed by atoms with van der Waals surface area (Å²) in [4.78, 5) is 14.5. The monoisotopic (exact) mass is 424 g/mol. The number of benzene rings is 1. The van der Waals surface area contributed by atoms with E-state index in [1.807, 2.05) is 41.9 Å². The van der Waals surface area contributed by atoms with Crippen LogP contribution in [-0.2, 0) is 0 Å². The van der Waals surface area contributed by atoms with Gasteiger partial charge in [-0.25, -0.2) is 4.68 Å². The smallest absolute Gasteiger partial charge is 0.261 e. The van der Waals surface area contributed by atoms with E-state index in [0.29, 0.717) is 10.9 Å².